The maximum absolute atomic E-state index is 9.83. The zero-order valence-electron chi connectivity index (χ0n) is 28.4. The number of nitriles is 3. The zero-order valence-corrected chi connectivity index (χ0v) is 29.2. The molecule has 4 rings (SSSR count). The lowest BCUT2D eigenvalue weighted by Gasteiger charge is -2.25. The number of benzene rings is 2. The smallest absolute Gasteiger partial charge is 0.172 e. The molecule has 0 spiro atoms. The molecule has 0 aliphatic carbocycles. The van der Waals surface area contributed by atoms with E-state index in [4.69, 9.17) is 14.2 Å². The minimum Gasteiger partial charge on any atom is -0.497 e. The summed E-state index contributed by atoms with van der Waals surface area (Å²) in [5.41, 5.74) is 2.99. The molecular formula is C40H42N4O3S. The number of rotatable bonds is 15. The van der Waals surface area contributed by atoms with Gasteiger partial charge in [-0.2, -0.15) is 15.8 Å². The summed E-state index contributed by atoms with van der Waals surface area (Å²) >= 11 is 1.61. The average Bonchev–Trinajstić information content (AvgIpc) is 3.66. The Morgan fingerprint density at radius 1 is 0.875 bits per heavy atom. The standard InChI is InChI=1S/C40H42N4O3S/c1-6-8-22-44(23-9-7-2)32-14-12-30(38(24-32)46-28-29-10-15-33(45-5)16-11-29)13-17-34-18-19-35(48-34)20-21-37-36(27-43)39(31(25-41)26-42)47-40(37,3)4/h10-21,24H,6-9,22-23,28H2,1-5H3/b17-13+,21-20+. The van der Waals surface area contributed by atoms with Crippen LogP contribution in [0.2, 0.25) is 0 Å². The number of methoxy groups -OCH3 is 1. The topological polar surface area (TPSA) is 102 Å². The Morgan fingerprint density at radius 3 is 2.10 bits per heavy atom. The molecule has 48 heavy (non-hydrogen) atoms. The van der Waals surface area contributed by atoms with Gasteiger partial charge in [0.15, 0.2) is 11.3 Å². The van der Waals surface area contributed by atoms with Gasteiger partial charge in [0.1, 0.15) is 47.5 Å². The molecule has 0 N–H and O–H groups in total. The van der Waals surface area contributed by atoms with Crippen molar-refractivity contribution in [2.24, 2.45) is 0 Å². The SMILES string of the molecule is CCCCN(CCCC)c1ccc(/C=C/c2ccc(/C=C/C3=C(C#N)C(=C(C#N)C#N)OC3(C)C)s2)c(OCc2ccc(OC)cc2)c1. The van der Waals surface area contributed by atoms with Gasteiger partial charge in [-0.1, -0.05) is 44.9 Å². The van der Waals surface area contributed by atoms with E-state index in [0.717, 1.165) is 71.2 Å². The lowest BCUT2D eigenvalue weighted by Crippen LogP contribution is -2.25. The van der Waals surface area contributed by atoms with Crippen molar-refractivity contribution in [1.29, 1.82) is 15.8 Å². The number of hydrogen-bond donors (Lipinski definition) is 0. The summed E-state index contributed by atoms with van der Waals surface area (Å²) in [5, 5.41) is 28.5. The molecule has 0 fully saturated rings. The fourth-order valence-corrected chi connectivity index (χ4v) is 6.12. The molecule has 7 nitrogen and oxygen atoms in total. The van der Waals surface area contributed by atoms with Crippen LogP contribution in [0.1, 0.15) is 74.3 Å². The summed E-state index contributed by atoms with van der Waals surface area (Å²) in [6, 6.07) is 24.3. The molecule has 8 heteroatoms. The van der Waals surface area contributed by atoms with Crippen molar-refractivity contribution in [3.63, 3.8) is 0 Å². The molecule has 0 amide bonds. The number of thiophene rings is 1. The number of anilines is 1. The van der Waals surface area contributed by atoms with Crippen LogP contribution in [0, 0.1) is 34.0 Å². The van der Waals surface area contributed by atoms with Crippen molar-refractivity contribution in [3.05, 3.63) is 104 Å². The average molecular weight is 659 g/mol. The third-order valence-corrected chi connectivity index (χ3v) is 9.05. The fourth-order valence-electron chi connectivity index (χ4n) is 5.30. The Morgan fingerprint density at radius 2 is 1.52 bits per heavy atom. The molecule has 2 heterocycles. The summed E-state index contributed by atoms with van der Waals surface area (Å²) in [5.74, 6) is 1.68. The van der Waals surface area contributed by atoms with Gasteiger partial charge in [-0.3, -0.25) is 0 Å². The van der Waals surface area contributed by atoms with Crippen molar-refractivity contribution in [1.82, 2.24) is 0 Å². The second kappa shape index (κ2) is 17.1. The highest BCUT2D eigenvalue weighted by Gasteiger charge is 2.38. The summed E-state index contributed by atoms with van der Waals surface area (Å²) < 4.78 is 17.6. The van der Waals surface area contributed by atoms with Gasteiger partial charge in [-0.05, 0) is 86.9 Å². The molecule has 0 radical (unpaired) electrons. The Labute approximate surface area is 288 Å². The minimum atomic E-state index is -0.854. The molecule has 0 atom stereocenters. The van der Waals surface area contributed by atoms with Gasteiger partial charge >= 0.3 is 0 Å². The molecule has 0 saturated heterocycles. The number of ether oxygens (including phenoxy) is 3. The first kappa shape index (κ1) is 35.6. The lowest BCUT2D eigenvalue weighted by atomic mass is 9.94. The van der Waals surface area contributed by atoms with E-state index in [1.807, 2.05) is 68.5 Å². The van der Waals surface area contributed by atoms with E-state index in [2.05, 4.69) is 61.2 Å². The van der Waals surface area contributed by atoms with Crippen molar-refractivity contribution >= 4 is 35.3 Å². The van der Waals surface area contributed by atoms with Crippen LogP contribution < -0.4 is 14.4 Å². The lowest BCUT2D eigenvalue weighted by molar-refractivity contribution is 0.0954. The maximum atomic E-state index is 9.83. The molecule has 0 bridgehead atoms. The first-order chi connectivity index (χ1) is 23.3. The first-order valence-corrected chi connectivity index (χ1v) is 17.1. The summed E-state index contributed by atoms with van der Waals surface area (Å²) in [4.78, 5) is 4.51. The molecule has 1 aliphatic heterocycles. The van der Waals surface area contributed by atoms with E-state index >= 15 is 0 Å². The molecule has 3 aromatic rings. The van der Waals surface area contributed by atoms with Crippen LogP contribution >= 0.6 is 11.3 Å². The van der Waals surface area contributed by atoms with Gasteiger partial charge in [0, 0.05) is 45.7 Å². The van der Waals surface area contributed by atoms with Crippen LogP contribution in [0.15, 0.2) is 83.2 Å². The van der Waals surface area contributed by atoms with Crippen LogP contribution in [-0.4, -0.2) is 25.8 Å². The Hall–Kier alpha value is -5.23. The second-order valence-electron chi connectivity index (χ2n) is 11.9. The molecule has 246 valence electrons. The molecule has 0 unspecified atom stereocenters. The quantitative estimate of drug-likeness (QED) is 0.150. The van der Waals surface area contributed by atoms with Crippen LogP contribution in [0.5, 0.6) is 11.5 Å². The van der Waals surface area contributed by atoms with Crippen molar-refractivity contribution in [2.45, 2.75) is 65.6 Å². The Bertz CT molecular complexity index is 1800. The Balaban J connectivity index is 1.60. The van der Waals surface area contributed by atoms with Gasteiger partial charge in [0.2, 0.25) is 0 Å². The van der Waals surface area contributed by atoms with E-state index in [1.165, 1.54) is 5.69 Å². The van der Waals surface area contributed by atoms with E-state index < -0.39 is 5.60 Å². The van der Waals surface area contributed by atoms with Crippen molar-refractivity contribution in [2.75, 3.05) is 25.1 Å². The molecule has 1 aromatic heterocycles. The Kier molecular flexibility index (Phi) is 12.7. The van der Waals surface area contributed by atoms with Crippen LogP contribution in [0.3, 0.4) is 0 Å². The normalized spacial score (nSPS) is 13.7. The number of allylic oxidation sites excluding steroid dienone is 2. The van der Waals surface area contributed by atoms with E-state index in [1.54, 1.807) is 18.4 Å². The summed E-state index contributed by atoms with van der Waals surface area (Å²) in [6.07, 6.45) is 12.5. The highest BCUT2D eigenvalue weighted by molar-refractivity contribution is 7.13. The maximum Gasteiger partial charge on any atom is 0.172 e. The molecule has 1 aliphatic rings. The second-order valence-corrected chi connectivity index (χ2v) is 13.0. The van der Waals surface area contributed by atoms with Gasteiger partial charge in [-0.25, -0.2) is 0 Å². The molecular weight excluding hydrogens is 617 g/mol. The van der Waals surface area contributed by atoms with Gasteiger partial charge in [-0.15, -0.1) is 11.3 Å². The third kappa shape index (κ3) is 8.97. The van der Waals surface area contributed by atoms with Gasteiger partial charge in [0.05, 0.1) is 7.11 Å². The predicted octanol–water partition coefficient (Wildman–Crippen LogP) is 9.86. The van der Waals surface area contributed by atoms with Crippen molar-refractivity contribution in [3.8, 4) is 29.7 Å². The fraction of sp³-hybridized carbons (Fsp3) is 0.325. The van der Waals surface area contributed by atoms with Crippen LogP contribution in [0.25, 0.3) is 18.2 Å². The largest absolute Gasteiger partial charge is 0.497 e. The van der Waals surface area contributed by atoms with E-state index in [-0.39, 0.29) is 16.9 Å². The van der Waals surface area contributed by atoms with Gasteiger partial charge in [0.25, 0.3) is 0 Å². The highest BCUT2D eigenvalue weighted by atomic mass is 32.1. The first-order valence-electron chi connectivity index (χ1n) is 16.3. The highest BCUT2D eigenvalue weighted by Crippen LogP contribution is 2.40. The summed E-state index contributed by atoms with van der Waals surface area (Å²) in [6.45, 7) is 10.5. The van der Waals surface area contributed by atoms with Crippen molar-refractivity contribution < 1.29 is 14.2 Å². The number of unbranched alkanes of at least 4 members (excludes halogenated alkanes) is 2. The zero-order chi connectivity index (χ0) is 34.5. The van der Waals surface area contributed by atoms with E-state index in [9.17, 15) is 15.8 Å². The van der Waals surface area contributed by atoms with E-state index in [0.29, 0.717) is 12.2 Å². The van der Waals surface area contributed by atoms with Crippen LogP contribution in [0.4, 0.5) is 5.69 Å². The predicted molar refractivity (Wildman–Crippen MR) is 194 cm³/mol. The summed E-state index contributed by atoms with van der Waals surface area (Å²) in [7, 11) is 1.66. The number of nitrogens with zero attached hydrogens (tertiary/aromatic N) is 4. The number of hydrogen-bond acceptors (Lipinski definition) is 8. The third-order valence-electron chi connectivity index (χ3n) is 8.03. The monoisotopic (exact) mass is 658 g/mol. The molecule has 0 saturated carbocycles. The molecule has 2 aromatic carbocycles. The van der Waals surface area contributed by atoms with Gasteiger partial charge < -0.3 is 19.1 Å². The van der Waals surface area contributed by atoms with Crippen LogP contribution in [-0.2, 0) is 11.3 Å². The minimum absolute atomic E-state index is 0.0387.